The van der Waals surface area contributed by atoms with Crippen molar-refractivity contribution in [2.45, 2.75) is 13.3 Å². The van der Waals surface area contributed by atoms with Crippen LogP contribution in [0.2, 0.25) is 0 Å². The van der Waals surface area contributed by atoms with Crippen LogP contribution in [-0.4, -0.2) is 14.8 Å². The fourth-order valence-electron chi connectivity index (χ4n) is 1.32. The smallest absolute Gasteiger partial charge is 0.153 e. The molecule has 0 saturated heterocycles. The van der Waals surface area contributed by atoms with E-state index in [1.165, 1.54) is 5.56 Å². The second kappa shape index (κ2) is 4.13. The Morgan fingerprint density at radius 2 is 2.20 bits per heavy atom. The van der Waals surface area contributed by atoms with E-state index in [1.54, 1.807) is 4.68 Å². The molecular weight excluding hydrogens is 188 g/mol. The molecule has 2 rings (SSSR count). The number of pyridine rings is 1. The molecule has 0 aliphatic heterocycles. The molecule has 0 spiro atoms. The molecule has 2 aromatic rings. The molecule has 0 radical (unpaired) electrons. The van der Waals surface area contributed by atoms with Crippen LogP contribution in [0.5, 0.6) is 0 Å². The monoisotopic (exact) mass is 204 g/mol. The molecule has 0 fully saturated rings. The Morgan fingerprint density at radius 1 is 1.33 bits per heavy atom. The van der Waals surface area contributed by atoms with Crippen molar-refractivity contribution in [3.05, 3.63) is 36.2 Å². The van der Waals surface area contributed by atoms with Gasteiger partial charge in [-0.2, -0.15) is 5.10 Å². The van der Waals surface area contributed by atoms with Crippen molar-refractivity contribution in [2.75, 3.05) is 5.32 Å². The molecule has 0 amide bonds. The van der Waals surface area contributed by atoms with Crippen molar-refractivity contribution in [2.24, 2.45) is 7.05 Å². The molecule has 0 saturated carbocycles. The van der Waals surface area contributed by atoms with E-state index in [0.717, 1.165) is 18.1 Å². The number of nitrogens with one attached hydrogen (secondary N) is 1. The van der Waals surface area contributed by atoms with Gasteiger partial charge in [0.2, 0.25) is 0 Å². The van der Waals surface area contributed by atoms with Crippen molar-refractivity contribution < 1.29 is 1.43 Å². The Kier molecular flexibility index (Phi) is 2.67. The van der Waals surface area contributed by atoms with Gasteiger partial charge in [0, 0.05) is 26.9 Å². The predicted octanol–water partition coefficient (Wildman–Crippen LogP) is 2.37. The highest BCUT2D eigenvalue weighted by Gasteiger charge is 1.98. The summed E-state index contributed by atoms with van der Waals surface area (Å²) in [6, 6.07) is 5.95. The van der Waals surface area contributed by atoms with Gasteiger partial charge in [0.25, 0.3) is 0 Å². The summed E-state index contributed by atoms with van der Waals surface area (Å²) in [5.74, 6) is 1.64. The molecule has 1 N–H and O–H groups in total. The topological polar surface area (TPSA) is 42.7 Å². The summed E-state index contributed by atoms with van der Waals surface area (Å²) >= 11 is 0. The third-order valence-electron chi connectivity index (χ3n) is 2.20. The summed E-state index contributed by atoms with van der Waals surface area (Å²) in [6.45, 7) is 2.11. The summed E-state index contributed by atoms with van der Waals surface area (Å²) in [6.07, 6.45) is 4.78. The SMILES string of the molecule is CCc1ccc(Nc2ccn(C)n2)nc1.[HH]. The van der Waals surface area contributed by atoms with Crippen molar-refractivity contribution in [1.82, 2.24) is 14.8 Å². The first-order valence-corrected chi connectivity index (χ1v) is 4.99. The van der Waals surface area contributed by atoms with Crippen molar-refractivity contribution >= 4 is 11.6 Å². The maximum Gasteiger partial charge on any atom is 0.153 e. The van der Waals surface area contributed by atoms with E-state index in [2.05, 4.69) is 28.4 Å². The molecule has 0 bridgehead atoms. The van der Waals surface area contributed by atoms with Gasteiger partial charge in [0.05, 0.1) is 0 Å². The van der Waals surface area contributed by atoms with Crippen LogP contribution in [0.25, 0.3) is 0 Å². The normalized spacial score (nSPS) is 10.3. The summed E-state index contributed by atoms with van der Waals surface area (Å²) in [5.41, 5.74) is 1.24. The number of aromatic nitrogens is 3. The van der Waals surface area contributed by atoms with Crippen molar-refractivity contribution in [1.29, 1.82) is 0 Å². The standard InChI is InChI=1S/C11H14N4.H2/c1-3-9-4-5-10(12-8-9)13-11-6-7-15(2)14-11;/h4-8H,3H2,1-2H3,(H,12,13,14);1H. The molecule has 4 nitrogen and oxygen atoms in total. The number of nitrogens with zero attached hydrogens (tertiary/aromatic N) is 3. The van der Waals surface area contributed by atoms with Crippen molar-refractivity contribution in [3.8, 4) is 0 Å². The van der Waals surface area contributed by atoms with Crippen LogP contribution in [0.1, 0.15) is 13.9 Å². The molecule has 0 aliphatic rings. The lowest BCUT2D eigenvalue weighted by Crippen LogP contribution is -1.96. The molecule has 80 valence electrons. The summed E-state index contributed by atoms with van der Waals surface area (Å²) in [5, 5.41) is 7.35. The van der Waals surface area contributed by atoms with E-state index in [1.807, 2.05) is 31.6 Å². The van der Waals surface area contributed by atoms with Gasteiger partial charge in [-0.1, -0.05) is 13.0 Å². The molecule has 4 heteroatoms. The minimum absolute atomic E-state index is 0. The van der Waals surface area contributed by atoms with Crippen LogP contribution in [0.15, 0.2) is 30.6 Å². The fourth-order valence-corrected chi connectivity index (χ4v) is 1.32. The van der Waals surface area contributed by atoms with Gasteiger partial charge in [-0.15, -0.1) is 0 Å². The highest BCUT2D eigenvalue weighted by molar-refractivity contribution is 5.50. The lowest BCUT2D eigenvalue weighted by Gasteiger charge is -2.02. The fraction of sp³-hybridized carbons (Fsp3) is 0.273. The van der Waals surface area contributed by atoms with Gasteiger partial charge in [-0.3, -0.25) is 4.68 Å². The van der Waals surface area contributed by atoms with E-state index in [9.17, 15) is 0 Å². The van der Waals surface area contributed by atoms with E-state index < -0.39 is 0 Å². The van der Waals surface area contributed by atoms with Gasteiger partial charge < -0.3 is 5.32 Å². The Balaban J connectivity index is 0.00000128. The first-order valence-electron chi connectivity index (χ1n) is 4.99. The number of anilines is 2. The van der Waals surface area contributed by atoms with Gasteiger partial charge in [0.15, 0.2) is 5.82 Å². The Labute approximate surface area is 90.4 Å². The quantitative estimate of drug-likeness (QED) is 0.834. The van der Waals surface area contributed by atoms with Crippen LogP contribution in [0.4, 0.5) is 11.6 Å². The van der Waals surface area contributed by atoms with Crippen molar-refractivity contribution in [3.63, 3.8) is 0 Å². The van der Waals surface area contributed by atoms with Gasteiger partial charge in [0.1, 0.15) is 5.82 Å². The average molecular weight is 204 g/mol. The second-order valence-corrected chi connectivity index (χ2v) is 3.40. The van der Waals surface area contributed by atoms with Crippen LogP contribution in [-0.2, 0) is 13.5 Å². The molecule has 0 atom stereocenters. The van der Waals surface area contributed by atoms with Gasteiger partial charge in [-0.05, 0) is 18.1 Å². The van der Waals surface area contributed by atoms with E-state index in [0.29, 0.717) is 0 Å². The van der Waals surface area contributed by atoms with Crippen LogP contribution >= 0.6 is 0 Å². The third-order valence-corrected chi connectivity index (χ3v) is 2.20. The number of hydrogen-bond donors (Lipinski definition) is 1. The van der Waals surface area contributed by atoms with Gasteiger partial charge >= 0.3 is 0 Å². The van der Waals surface area contributed by atoms with Gasteiger partial charge in [-0.25, -0.2) is 4.98 Å². The lowest BCUT2D eigenvalue weighted by atomic mass is 10.2. The first-order chi connectivity index (χ1) is 7.28. The van der Waals surface area contributed by atoms with Crippen LogP contribution in [0, 0.1) is 0 Å². The molecule has 0 unspecified atom stereocenters. The molecule has 0 aliphatic carbocycles. The zero-order chi connectivity index (χ0) is 10.7. The highest BCUT2D eigenvalue weighted by Crippen LogP contribution is 2.11. The number of aryl methyl sites for hydroxylation is 2. The van der Waals surface area contributed by atoms with E-state index >= 15 is 0 Å². The zero-order valence-corrected chi connectivity index (χ0v) is 8.94. The Morgan fingerprint density at radius 3 is 2.73 bits per heavy atom. The largest absolute Gasteiger partial charge is 0.323 e. The average Bonchev–Trinajstić information content (AvgIpc) is 2.65. The minimum atomic E-state index is 0. The van der Waals surface area contributed by atoms with Crippen LogP contribution in [0.3, 0.4) is 0 Å². The first kappa shape index (κ1) is 9.71. The number of rotatable bonds is 3. The van der Waals surface area contributed by atoms with Crippen LogP contribution < -0.4 is 5.32 Å². The lowest BCUT2D eigenvalue weighted by molar-refractivity contribution is 0.771. The van der Waals surface area contributed by atoms with E-state index in [-0.39, 0.29) is 1.43 Å². The molecular formula is C11H16N4. The molecule has 0 aromatic carbocycles. The summed E-state index contributed by atoms with van der Waals surface area (Å²) in [7, 11) is 1.89. The maximum absolute atomic E-state index is 4.29. The summed E-state index contributed by atoms with van der Waals surface area (Å²) < 4.78 is 1.75. The Bertz CT molecular complexity index is 436. The zero-order valence-electron chi connectivity index (χ0n) is 8.94. The number of hydrogen-bond acceptors (Lipinski definition) is 3. The minimum Gasteiger partial charge on any atom is -0.323 e. The third kappa shape index (κ3) is 2.34. The summed E-state index contributed by atoms with van der Waals surface area (Å²) in [4.78, 5) is 4.29. The second-order valence-electron chi connectivity index (χ2n) is 3.40. The molecule has 2 heterocycles. The molecule has 15 heavy (non-hydrogen) atoms. The van der Waals surface area contributed by atoms with E-state index in [4.69, 9.17) is 0 Å². The maximum atomic E-state index is 4.29. The highest BCUT2D eigenvalue weighted by atomic mass is 15.3. The predicted molar refractivity (Wildman–Crippen MR) is 62.2 cm³/mol. The Hall–Kier alpha value is -1.84. The molecule has 2 aromatic heterocycles.